The van der Waals surface area contributed by atoms with E-state index in [0.717, 1.165) is 35.0 Å². The van der Waals surface area contributed by atoms with Gasteiger partial charge in [0, 0.05) is 15.1 Å². The molecule has 0 aliphatic heterocycles. The summed E-state index contributed by atoms with van der Waals surface area (Å²) < 4.78 is 0. The minimum atomic E-state index is 0.467. The first-order valence-corrected chi connectivity index (χ1v) is 8.05. The summed E-state index contributed by atoms with van der Waals surface area (Å²) >= 11 is 18.2. The third kappa shape index (κ3) is 5.19. The average molecular weight is 343 g/mol. The number of rotatable bonds is 6. The Morgan fingerprint density at radius 3 is 2.19 bits per heavy atom. The van der Waals surface area contributed by atoms with Crippen LogP contribution in [0.5, 0.6) is 0 Å². The fourth-order valence-electron chi connectivity index (χ4n) is 2.46. The number of nitrogens with one attached hydrogen (secondary N) is 1. The van der Waals surface area contributed by atoms with Crippen LogP contribution in [0.1, 0.15) is 11.1 Å². The highest BCUT2D eigenvalue weighted by atomic mass is 35.5. The van der Waals surface area contributed by atoms with Crippen molar-refractivity contribution in [3.8, 4) is 0 Å². The zero-order valence-electron chi connectivity index (χ0n) is 11.9. The molecular weight excluding hydrogens is 325 g/mol. The van der Waals surface area contributed by atoms with Crippen LogP contribution < -0.4 is 5.32 Å². The fourth-order valence-corrected chi connectivity index (χ4v) is 3.07. The van der Waals surface area contributed by atoms with E-state index in [1.54, 1.807) is 6.07 Å². The summed E-state index contributed by atoms with van der Waals surface area (Å²) in [5.74, 6) is 0.467. The van der Waals surface area contributed by atoms with E-state index < -0.39 is 0 Å². The molecule has 1 unspecified atom stereocenters. The van der Waals surface area contributed by atoms with Gasteiger partial charge in [0.25, 0.3) is 0 Å². The zero-order chi connectivity index (χ0) is 15.2. The van der Waals surface area contributed by atoms with Crippen molar-refractivity contribution in [1.29, 1.82) is 0 Å². The second-order valence-corrected chi connectivity index (χ2v) is 6.47. The van der Waals surface area contributed by atoms with Gasteiger partial charge in [-0.3, -0.25) is 0 Å². The number of hydrogen-bond acceptors (Lipinski definition) is 1. The molecule has 0 radical (unpaired) electrons. The lowest BCUT2D eigenvalue weighted by molar-refractivity contribution is 0.493. The number of benzene rings is 2. The maximum Gasteiger partial charge on any atom is 0.0452 e. The van der Waals surface area contributed by atoms with Crippen molar-refractivity contribution < 1.29 is 0 Å². The minimum absolute atomic E-state index is 0.467. The Hall–Kier alpha value is -0.730. The van der Waals surface area contributed by atoms with Crippen molar-refractivity contribution in [1.82, 2.24) is 5.32 Å². The van der Waals surface area contributed by atoms with Crippen LogP contribution in [0.2, 0.25) is 15.1 Å². The molecule has 2 aromatic rings. The molecule has 1 nitrogen and oxygen atoms in total. The van der Waals surface area contributed by atoms with Gasteiger partial charge in [0.15, 0.2) is 0 Å². The van der Waals surface area contributed by atoms with Crippen molar-refractivity contribution in [2.75, 3.05) is 13.6 Å². The Morgan fingerprint density at radius 1 is 0.905 bits per heavy atom. The van der Waals surface area contributed by atoms with Crippen molar-refractivity contribution >= 4 is 34.8 Å². The molecule has 2 aromatic carbocycles. The van der Waals surface area contributed by atoms with Crippen LogP contribution in [0.15, 0.2) is 42.5 Å². The maximum atomic E-state index is 6.28. The van der Waals surface area contributed by atoms with E-state index in [0.29, 0.717) is 10.9 Å². The van der Waals surface area contributed by atoms with Gasteiger partial charge < -0.3 is 5.32 Å². The minimum Gasteiger partial charge on any atom is -0.319 e. The molecule has 0 bridgehead atoms. The lowest BCUT2D eigenvalue weighted by Gasteiger charge is -2.18. The largest absolute Gasteiger partial charge is 0.319 e. The first-order chi connectivity index (χ1) is 10.1. The van der Waals surface area contributed by atoms with Gasteiger partial charge in [-0.1, -0.05) is 53.0 Å². The van der Waals surface area contributed by atoms with E-state index >= 15 is 0 Å². The first-order valence-electron chi connectivity index (χ1n) is 6.91. The van der Waals surface area contributed by atoms with Crippen LogP contribution in [-0.4, -0.2) is 13.6 Å². The van der Waals surface area contributed by atoms with Gasteiger partial charge in [-0.05, 0) is 67.7 Å². The van der Waals surface area contributed by atoms with Crippen molar-refractivity contribution in [3.63, 3.8) is 0 Å². The maximum absolute atomic E-state index is 6.28. The summed E-state index contributed by atoms with van der Waals surface area (Å²) in [4.78, 5) is 0. The molecule has 0 spiro atoms. The van der Waals surface area contributed by atoms with Gasteiger partial charge in [-0.2, -0.15) is 0 Å². The molecule has 112 valence electrons. The molecule has 0 saturated carbocycles. The van der Waals surface area contributed by atoms with Crippen molar-refractivity contribution in [3.05, 3.63) is 68.7 Å². The van der Waals surface area contributed by atoms with Crippen LogP contribution in [-0.2, 0) is 12.8 Å². The predicted octanol–water partition coefficient (Wildman–Crippen LogP) is 5.27. The van der Waals surface area contributed by atoms with Gasteiger partial charge in [0.2, 0.25) is 0 Å². The van der Waals surface area contributed by atoms with Gasteiger partial charge in [0.05, 0.1) is 0 Å². The monoisotopic (exact) mass is 341 g/mol. The van der Waals surface area contributed by atoms with Crippen molar-refractivity contribution in [2.45, 2.75) is 12.8 Å². The highest BCUT2D eigenvalue weighted by molar-refractivity contribution is 6.35. The highest BCUT2D eigenvalue weighted by Crippen LogP contribution is 2.25. The molecule has 1 N–H and O–H groups in total. The fraction of sp³-hybridized carbons (Fsp3) is 0.294. The van der Waals surface area contributed by atoms with Crippen LogP contribution in [0.3, 0.4) is 0 Å². The van der Waals surface area contributed by atoms with Crippen LogP contribution in [0, 0.1) is 5.92 Å². The number of hydrogen-bond donors (Lipinski definition) is 1. The van der Waals surface area contributed by atoms with E-state index in [9.17, 15) is 0 Å². The molecule has 21 heavy (non-hydrogen) atoms. The quantitative estimate of drug-likeness (QED) is 0.754. The molecule has 0 amide bonds. The van der Waals surface area contributed by atoms with E-state index in [1.807, 2.05) is 31.3 Å². The number of halogens is 3. The highest BCUT2D eigenvalue weighted by Gasteiger charge is 2.12. The van der Waals surface area contributed by atoms with Gasteiger partial charge >= 0.3 is 0 Å². The SMILES string of the molecule is CNCC(Cc1ccc(Cl)cc1)Cc1ccc(Cl)cc1Cl. The second-order valence-electron chi connectivity index (χ2n) is 5.19. The van der Waals surface area contributed by atoms with E-state index in [2.05, 4.69) is 17.4 Å². The lowest BCUT2D eigenvalue weighted by Crippen LogP contribution is -2.23. The Labute approximate surface area is 141 Å². The van der Waals surface area contributed by atoms with Gasteiger partial charge in [-0.15, -0.1) is 0 Å². The van der Waals surface area contributed by atoms with Gasteiger partial charge in [0.1, 0.15) is 0 Å². The normalized spacial score (nSPS) is 12.4. The zero-order valence-corrected chi connectivity index (χ0v) is 14.1. The first kappa shape index (κ1) is 16.6. The Kier molecular flexibility index (Phi) is 6.38. The van der Waals surface area contributed by atoms with Crippen LogP contribution in [0.4, 0.5) is 0 Å². The predicted molar refractivity (Wildman–Crippen MR) is 92.7 cm³/mol. The van der Waals surface area contributed by atoms with E-state index in [1.165, 1.54) is 5.56 Å². The Balaban J connectivity index is 2.09. The van der Waals surface area contributed by atoms with E-state index in [-0.39, 0.29) is 0 Å². The van der Waals surface area contributed by atoms with E-state index in [4.69, 9.17) is 34.8 Å². The average Bonchev–Trinajstić information content (AvgIpc) is 2.44. The molecule has 0 fully saturated rings. The summed E-state index contributed by atoms with van der Waals surface area (Å²) in [5.41, 5.74) is 2.42. The standard InChI is InChI=1S/C17H18Cl3N/c1-21-11-13(8-12-2-5-15(18)6-3-12)9-14-4-7-16(19)10-17(14)20/h2-7,10,13,21H,8-9,11H2,1H3. The topological polar surface area (TPSA) is 12.0 Å². The lowest BCUT2D eigenvalue weighted by atomic mass is 9.92. The molecule has 0 saturated heterocycles. The summed E-state index contributed by atoms with van der Waals surface area (Å²) in [5, 5.41) is 5.43. The van der Waals surface area contributed by atoms with Crippen LogP contribution >= 0.6 is 34.8 Å². The molecule has 0 aromatic heterocycles. The smallest absolute Gasteiger partial charge is 0.0452 e. The molecule has 0 heterocycles. The molecule has 0 aliphatic rings. The molecule has 0 aliphatic carbocycles. The summed E-state index contributed by atoms with van der Waals surface area (Å²) in [6, 6.07) is 13.7. The third-order valence-electron chi connectivity index (χ3n) is 3.45. The molecule has 1 atom stereocenters. The summed E-state index contributed by atoms with van der Waals surface area (Å²) in [6.45, 7) is 0.932. The summed E-state index contributed by atoms with van der Waals surface area (Å²) in [7, 11) is 1.97. The molecule has 2 rings (SSSR count). The summed E-state index contributed by atoms with van der Waals surface area (Å²) in [6.07, 6.45) is 1.90. The van der Waals surface area contributed by atoms with Gasteiger partial charge in [-0.25, -0.2) is 0 Å². The Morgan fingerprint density at radius 2 is 1.57 bits per heavy atom. The molecular formula is C17H18Cl3N. The third-order valence-corrected chi connectivity index (χ3v) is 4.29. The van der Waals surface area contributed by atoms with Crippen molar-refractivity contribution in [2.24, 2.45) is 5.92 Å². The second kappa shape index (κ2) is 8.05. The Bertz CT molecular complexity index is 581. The molecule has 4 heteroatoms. The van der Waals surface area contributed by atoms with Crippen LogP contribution in [0.25, 0.3) is 0 Å².